The largest absolute Gasteiger partial charge is 0.477 e. The Morgan fingerprint density at radius 2 is 2.14 bits per heavy atom. The first-order valence-corrected chi connectivity index (χ1v) is 9.04. The molecule has 1 aromatic heterocycles. The third kappa shape index (κ3) is 2.82. The average Bonchev–Trinajstić information content (AvgIpc) is 2.83. The SMILES string of the molecule is CC1SCCN(Cc2c(C(=O)O)sc3ccccc23)C1C. The molecule has 0 spiro atoms. The maximum absolute atomic E-state index is 11.6. The Morgan fingerprint density at radius 1 is 1.38 bits per heavy atom. The van der Waals surface area contributed by atoms with E-state index in [1.165, 1.54) is 11.3 Å². The highest BCUT2D eigenvalue weighted by Gasteiger charge is 2.27. The number of carboxylic acid groups (broad SMARTS) is 1. The lowest BCUT2D eigenvalue weighted by atomic mass is 10.1. The molecule has 1 aliphatic heterocycles. The fourth-order valence-corrected chi connectivity index (χ4v) is 5.07. The fourth-order valence-electron chi connectivity index (χ4n) is 2.85. The second-order valence-corrected chi connectivity index (χ2v) is 8.04. The topological polar surface area (TPSA) is 40.5 Å². The van der Waals surface area contributed by atoms with Crippen LogP contribution in [-0.2, 0) is 6.54 Å². The second-order valence-electron chi connectivity index (χ2n) is 5.50. The summed E-state index contributed by atoms with van der Waals surface area (Å²) in [5.41, 5.74) is 0.981. The maximum Gasteiger partial charge on any atom is 0.346 e. The minimum Gasteiger partial charge on any atom is -0.477 e. The van der Waals surface area contributed by atoms with Gasteiger partial charge in [-0.1, -0.05) is 25.1 Å². The number of hydrogen-bond acceptors (Lipinski definition) is 4. The van der Waals surface area contributed by atoms with Crippen molar-refractivity contribution in [1.29, 1.82) is 0 Å². The van der Waals surface area contributed by atoms with E-state index < -0.39 is 5.97 Å². The summed E-state index contributed by atoms with van der Waals surface area (Å²) in [6.45, 7) is 6.26. The Morgan fingerprint density at radius 3 is 2.90 bits per heavy atom. The van der Waals surface area contributed by atoms with E-state index in [1.54, 1.807) is 0 Å². The van der Waals surface area contributed by atoms with Gasteiger partial charge in [0.15, 0.2) is 0 Å². The van der Waals surface area contributed by atoms with Gasteiger partial charge in [0.1, 0.15) is 4.88 Å². The van der Waals surface area contributed by atoms with Crippen molar-refractivity contribution in [3.63, 3.8) is 0 Å². The molecule has 3 rings (SSSR count). The van der Waals surface area contributed by atoms with Gasteiger partial charge < -0.3 is 5.11 Å². The van der Waals surface area contributed by atoms with Gasteiger partial charge in [-0.15, -0.1) is 11.3 Å². The van der Waals surface area contributed by atoms with Gasteiger partial charge in [0.25, 0.3) is 0 Å². The molecule has 112 valence electrons. The molecule has 2 atom stereocenters. The molecular weight excluding hydrogens is 302 g/mol. The zero-order chi connectivity index (χ0) is 15.0. The molecule has 2 heterocycles. The molecule has 0 amide bonds. The monoisotopic (exact) mass is 321 g/mol. The number of rotatable bonds is 3. The number of nitrogens with zero attached hydrogens (tertiary/aromatic N) is 1. The lowest BCUT2D eigenvalue weighted by Crippen LogP contribution is -2.44. The first kappa shape index (κ1) is 14.9. The lowest BCUT2D eigenvalue weighted by Gasteiger charge is -2.37. The maximum atomic E-state index is 11.6. The summed E-state index contributed by atoms with van der Waals surface area (Å²) in [6, 6.07) is 8.48. The molecule has 0 saturated carbocycles. The Hall–Kier alpha value is -1.04. The van der Waals surface area contributed by atoms with Crippen molar-refractivity contribution < 1.29 is 9.90 Å². The van der Waals surface area contributed by atoms with Gasteiger partial charge in [0.05, 0.1) is 0 Å². The summed E-state index contributed by atoms with van der Waals surface area (Å²) in [4.78, 5) is 14.5. The van der Waals surface area contributed by atoms with E-state index in [9.17, 15) is 9.90 Å². The highest BCUT2D eigenvalue weighted by molar-refractivity contribution is 8.00. The Bertz CT molecular complexity index is 667. The van der Waals surface area contributed by atoms with Gasteiger partial charge in [-0.3, -0.25) is 4.90 Å². The van der Waals surface area contributed by atoms with E-state index in [0.717, 1.165) is 34.5 Å². The fraction of sp³-hybridized carbons (Fsp3) is 0.438. The number of carbonyl (C=O) groups is 1. The molecular formula is C16H19NO2S2. The van der Waals surface area contributed by atoms with Crippen molar-refractivity contribution in [3.8, 4) is 0 Å². The molecule has 1 saturated heterocycles. The first-order chi connectivity index (χ1) is 10.1. The molecule has 0 bridgehead atoms. The van der Waals surface area contributed by atoms with Crippen LogP contribution in [0, 0.1) is 0 Å². The molecule has 1 N–H and O–H groups in total. The molecule has 1 aliphatic rings. The molecule has 1 fully saturated rings. The predicted molar refractivity (Wildman–Crippen MR) is 90.6 cm³/mol. The second kappa shape index (κ2) is 5.99. The number of hydrogen-bond donors (Lipinski definition) is 1. The van der Waals surface area contributed by atoms with Gasteiger partial charge in [-0.2, -0.15) is 11.8 Å². The molecule has 0 radical (unpaired) electrons. The van der Waals surface area contributed by atoms with Crippen molar-refractivity contribution in [1.82, 2.24) is 4.90 Å². The minimum atomic E-state index is -0.807. The van der Waals surface area contributed by atoms with Gasteiger partial charge in [-0.25, -0.2) is 4.79 Å². The first-order valence-electron chi connectivity index (χ1n) is 7.17. The van der Waals surface area contributed by atoms with Crippen LogP contribution < -0.4 is 0 Å². The molecule has 0 aliphatic carbocycles. The third-order valence-electron chi connectivity index (χ3n) is 4.27. The van der Waals surface area contributed by atoms with Crippen LogP contribution >= 0.6 is 23.1 Å². The van der Waals surface area contributed by atoms with E-state index in [2.05, 4.69) is 18.7 Å². The van der Waals surface area contributed by atoms with Crippen LogP contribution in [0.15, 0.2) is 24.3 Å². The zero-order valence-corrected chi connectivity index (χ0v) is 13.8. The summed E-state index contributed by atoms with van der Waals surface area (Å²) in [7, 11) is 0. The molecule has 21 heavy (non-hydrogen) atoms. The number of aromatic carboxylic acids is 1. The van der Waals surface area contributed by atoms with Crippen LogP contribution in [-0.4, -0.2) is 39.6 Å². The number of thioether (sulfide) groups is 1. The smallest absolute Gasteiger partial charge is 0.346 e. The highest BCUT2D eigenvalue weighted by atomic mass is 32.2. The van der Waals surface area contributed by atoms with Crippen LogP contribution in [0.1, 0.15) is 29.1 Å². The van der Waals surface area contributed by atoms with E-state index in [-0.39, 0.29) is 0 Å². The molecule has 1 aromatic carbocycles. The average molecular weight is 321 g/mol. The Kier molecular flexibility index (Phi) is 4.24. The summed E-state index contributed by atoms with van der Waals surface area (Å²) in [5.74, 6) is 0.314. The lowest BCUT2D eigenvalue weighted by molar-refractivity contribution is 0.0699. The van der Waals surface area contributed by atoms with Gasteiger partial charge in [-0.05, 0) is 23.9 Å². The normalized spacial score (nSPS) is 23.5. The molecule has 3 nitrogen and oxygen atoms in total. The van der Waals surface area contributed by atoms with E-state index in [0.29, 0.717) is 16.2 Å². The van der Waals surface area contributed by atoms with Crippen LogP contribution in [0.4, 0.5) is 0 Å². The highest BCUT2D eigenvalue weighted by Crippen LogP contribution is 2.34. The van der Waals surface area contributed by atoms with Crippen molar-refractivity contribution in [2.75, 3.05) is 12.3 Å². The number of benzene rings is 1. The standard InChI is InChI=1S/C16H19NO2S2/c1-10-11(2)20-8-7-17(10)9-13-12-5-3-4-6-14(12)21-15(13)16(18)19/h3-6,10-11H,7-9H2,1-2H3,(H,18,19). The summed E-state index contributed by atoms with van der Waals surface area (Å²) >= 11 is 3.39. The molecule has 5 heteroatoms. The summed E-state index contributed by atoms with van der Waals surface area (Å²) in [6.07, 6.45) is 0. The molecule has 2 aromatic rings. The van der Waals surface area contributed by atoms with Crippen molar-refractivity contribution in [2.45, 2.75) is 31.7 Å². The third-order valence-corrected chi connectivity index (χ3v) is 6.81. The van der Waals surface area contributed by atoms with Crippen LogP contribution in [0.5, 0.6) is 0 Å². The van der Waals surface area contributed by atoms with Crippen molar-refractivity contribution in [2.24, 2.45) is 0 Å². The van der Waals surface area contributed by atoms with Crippen molar-refractivity contribution >= 4 is 39.2 Å². The van der Waals surface area contributed by atoms with Gasteiger partial charge in [0.2, 0.25) is 0 Å². The van der Waals surface area contributed by atoms with Gasteiger partial charge >= 0.3 is 5.97 Å². The van der Waals surface area contributed by atoms with E-state index in [4.69, 9.17) is 0 Å². The van der Waals surface area contributed by atoms with Gasteiger partial charge in [0, 0.05) is 34.8 Å². The Labute approximate surface area is 133 Å². The zero-order valence-electron chi connectivity index (χ0n) is 12.2. The van der Waals surface area contributed by atoms with Crippen LogP contribution in [0.3, 0.4) is 0 Å². The summed E-state index contributed by atoms with van der Waals surface area (Å²) < 4.78 is 1.07. The number of fused-ring (bicyclic) bond motifs is 1. The molecule has 2 unspecified atom stereocenters. The van der Waals surface area contributed by atoms with Crippen molar-refractivity contribution in [3.05, 3.63) is 34.7 Å². The van der Waals surface area contributed by atoms with E-state index in [1.807, 2.05) is 36.0 Å². The summed E-state index contributed by atoms with van der Waals surface area (Å²) in [5, 5.41) is 11.2. The van der Waals surface area contributed by atoms with Crippen LogP contribution in [0.2, 0.25) is 0 Å². The Balaban J connectivity index is 1.99. The number of carboxylic acids is 1. The minimum absolute atomic E-state index is 0.476. The van der Waals surface area contributed by atoms with E-state index >= 15 is 0 Å². The predicted octanol–water partition coefficient (Wildman–Crippen LogP) is 3.93. The number of thiophene rings is 1. The van der Waals surface area contributed by atoms with Crippen LogP contribution in [0.25, 0.3) is 10.1 Å². The quantitative estimate of drug-likeness (QED) is 0.930.